The molecule has 0 saturated carbocycles. The Morgan fingerprint density at radius 2 is 1.90 bits per heavy atom. The number of piperazine rings is 1. The molecule has 0 radical (unpaired) electrons. The van der Waals surface area contributed by atoms with Gasteiger partial charge in [0.25, 0.3) is 0 Å². The van der Waals surface area contributed by atoms with E-state index in [1.165, 1.54) is 0 Å². The summed E-state index contributed by atoms with van der Waals surface area (Å²) in [5, 5.41) is 9.51. The number of carbonyl (C=O) groups excluding carboxylic acids is 1. The van der Waals surface area contributed by atoms with Gasteiger partial charge in [-0.3, -0.25) is 9.69 Å². The van der Waals surface area contributed by atoms with E-state index in [1.54, 1.807) is 30.7 Å². The van der Waals surface area contributed by atoms with E-state index in [4.69, 9.17) is 10.2 Å². The van der Waals surface area contributed by atoms with Crippen molar-refractivity contribution in [2.75, 3.05) is 31.1 Å². The van der Waals surface area contributed by atoms with Gasteiger partial charge in [-0.2, -0.15) is 5.26 Å². The van der Waals surface area contributed by atoms with Crippen molar-refractivity contribution in [3.63, 3.8) is 0 Å². The molecule has 0 bridgehead atoms. The van der Waals surface area contributed by atoms with Gasteiger partial charge in [-0.25, -0.2) is 4.98 Å². The summed E-state index contributed by atoms with van der Waals surface area (Å²) in [5.41, 5.74) is 8.10. The second-order valence-electron chi connectivity index (χ2n) is 6.91. The first-order valence-corrected chi connectivity index (χ1v) is 9.44. The minimum atomic E-state index is -0.533. The van der Waals surface area contributed by atoms with E-state index in [-0.39, 0.29) is 6.04 Å². The molecule has 1 saturated heterocycles. The number of oxazole rings is 1. The highest BCUT2D eigenvalue weighted by Gasteiger charge is 2.30. The van der Waals surface area contributed by atoms with Crippen LogP contribution in [-0.4, -0.2) is 42.0 Å². The molecule has 146 valence electrons. The molecule has 7 heteroatoms. The molecule has 1 aliphatic heterocycles. The van der Waals surface area contributed by atoms with Gasteiger partial charge in [-0.1, -0.05) is 30.3 Å². The summed E-state index contributed by atoms with van der Waals surface area (Å²) < 4.78 is 5.63. The molecule has 1 fully saturated rings. The molecule has 2 aromatic carbocycles. The van der Waals surface area contributed by atoms with Crippen molar-refractivity contribution in [2.45, 2.75) is 6.04 Å². The molecule has 1 amide bonds. The molecule has 0 spiro atoms. The third kappa shape index (κ3) is 3.84. The van der Waals surface area contributed by atoms with E-state index in [0.29, 0.717) is 17.0 Å². The van der Waals surface area contributed by atoms with Gasteiger partial charge in [-0.15, -0.1) is 0 Å². The first-order chi connectivity index (χ1) is 14.2. The lowest BCUT2D eigenvalue weighted by Crippen LogP contribution is -2.48. The molecule has 1 aromatic heterocycles. The van der Waals surface area contributed by atoms with Crippen molar-refractivity contribution >= 4 is 11.6 Å². The summed E-state index contributed by atoms with van der Waals surface area (Å²) in [5.74, 6) is 0.141. The van der Waals surface area contributed by atoms with Crippen LogP contribution in [0.4, 0.5) is 5.69 Å². The van der Waals surface area contributed by atoms with Crippen LogP contribution in [0.3, 0.4) is 0 Å². The highest BCUT2D eigenvalue weighted by Crippen LogP contribution is 2.30. The van der Waals surface area contributed by atoms with Crippen LogP contribution in [0, 0.1) is 11.3 Å². The minimum Gasteiger partial charge on any atom is -0.447 e. The SMILES string of the molecule is N#Cc1cc(C(N)=O)ccc1N1CCN(C(c2ccccc2)c2ncco2)CC1. The van der Waals surface area contributed by atoms with Crippen molar-refractivity contribution in [1.82, 2.24) is 9.88 Å². The topological polar surface area (TPSA) is 99.4 Å². The van der Waals surface area contributed by atoms with E-state index >= 15 is 0 Å². The van der Waals surface area contributed by atoms with Gasteiger partial charge >= 0.3 is 0 Å². The van der Waals surface area contributed by atoms with Crippen LogP contribution in [0.15, 0.2) is 65.4 Å². The molecule has 7 nitrogen and oxygen atoms in total. The quantitative estimate of drug-likeness (QED) is 0.722. The van der Waals surface area contributed by atoms with Gasteiger partial charge in [0.15, 0.2) is 0 Å². The third-order valence-electron chi connectivity index (χ3n) is 5.22. The van der Waals surface area contributed by atoms with Crippen molar-refractivity contribution in [1.29, 1.82) is 5.26 Å². The minimum absolute atomic E-state index is 0.0546. The van der Waals surface area contributed by atoms with Crippen LogP contribution in [0.5, 0.6) is 0 Å². The van der Waals surface area contributed by atoms with Gasteiger partial charge in [-0.05, 0) is 23.8 Å². The van der Waals surface area contributed by atoms with Gasteiger partial charge in [0, 0.05) is 31.7 Å². The fourth-order valence-electron chi connectivity index (χ4n) is 3.79. The smallest absolute Gasteiger partial charge is 0.248 e. The predicted molar refractivity (Wildman–Crippen MR) is 108 cm³/mol. The van der Waals surface area contributed by atoms with Crippen LogP contribution >= 0.6 is 0 Å². The van der Waals surface area contributed by atoms with Gasteiger partial charge in [0.05, 0.1) is 17.4 Å². The number of hydrogen-bond acceptors (Lipinski definition) is 6. The number of hydrogen-bond donors (Lipinski definition) is 1. The van der Waals surface area contributed by atoms with Crippen molar-refractivity contribution in [3.8, 4) is 6.07 Å². The number of nitrogens with two attached hydrogens (primary N) is 1. The van der Waals surface area contributed by atoms with Crippen LogP contribution in [-0.2, 0) is 0 Å². The van der Waals surface area contributed by atoms with Crippen LogP contribution < -0.4 is 10.6 Å². The van der Waals surface area contributed by atoms with Gasteiger partial charge in [0.2, 0.25) is 11.8 Å². The fraction of sp³-hybridized carbons (Fsp3) is 0.227. The zero-order valence-corrected chi connectivity index (χ0v) is 15.9. The number of benzene rings is 2. The molecule has 1 atom stereocenters. The first kappa shape index (κ1) is 18.7. The van der Waals surface area contributed by atoms with Crippen molar-refractivity contribution < 1.29 is 9.21 Å². The average Bonchev–Trinajstić information content (AvgIpc) is 3.29. The standard InChI is InChI=1S/C22H21N5O2/c23-15-18-14-17(21(24)28)6-7-19(18)26-9-11-27(12-10-26)20(22-25-8-13-29-22)16-4-2-1-3-5-16/h1-8,13-14,20H,9-12H2,(H2,24,28). The summed E-state index contributed by atoms with van der Waals surface area (Å²) >= 11 is 0. The Hall–Kier alpha value is -3.63. The zero-order chi connectivity index (χ0) is 20.2. The number of nitriles is 1. The Morgan fingerprint density at radius 3 is 2.52 bits per heavy atom. The molecular formula is C22H21N5O2. The third-order valence-corrected chi connectivity index (χ3v) is 5.22. The maximum absolute atomic E-state index is 11.4. The molecule has 0 aliphatic carbocycles. The zero-order valence-electron chi connectivity index (χ0n) is 15.9. The van der Waals surface area contributed by atoms with E-state index in [2.05, 4.69) is 33.0 Å². The number of anilines is 1. The predicted octanol–water partition coefficient (Wildman–Crippen LogP) is 2.56. The second-order valence-corrected chi connectivity index (χ2v) is 6.91. The maximum atomic E-state index is 11.4. The molecule has 1 unspecified atom stereocenters. The van der Waals surface area contributed by atoms with Crippen molar-refractivity contribution in [3.05, 3.63) is 83.6 Å². The lowest BCUT2D eigenvalue weighted by molar-refractivity contribution is 0.100. The number of amides is 1. The summed E-state index contributed by atoms with van der Waals surface area (Å²) in [4.78, 5) is 20.3. The molecule has 29 heavy (non-hydrogen) atoms. The molecule has 4 rings (SSSR count). The number of rotatable bonds is 5. The van der Waals surface area contributed by atoms with Crippen LogP contribution in [0.2, 0.25) is 0 Å². The summed E-state index contributed by atoms with van der Waals surface area (Å²) in [6.45, 7) is 3.05. The Balaban J connectivity index is 1.54. The summed E-state index contributed by atoms with van der Waals surface area (Å²) in [7, 11) is 0. The van der Waals surface area contributed by atoms with Crippen molar-refractivity contribution in [2.24, 2.45) is 5.73 Å². The summed E-state index contributed by atoms with van der Waals surface area (Å²) in [6.07, 6.45) is 3.27. The monoisotopic (exact) mass is 387 g/mol. The number of carbonyl (C=O) groups is 1. The van der Waals surface area contributed by atoms with E-state index < -0.39 is 5.91 Å². The van der Waals surface area contributed by atoms with E-state index in [0.717, 1.165) is 37.4 Å². The average molecular weight is 387 g/mol. The lowest BCUT2D eigenvalue weighted by atomic mass is 10.0. The number of nitrogens with zero attached hydrogens (tertiary/aromatic N) is 4. The van der Waals surface area contributed by atoms with Crippen LogP contribution in [0.1, 0.15) is 33.4 Å². The van der Waals surface area contributed by atoms with E-state index in [9.17, 15) is 10.1 Å². The molecule has 3 aromatic rings. The molecule has 1 aliphatic rings. The Kier molecular flexibility index (Phi) is 5.27. The Morgan fingerprint density at radius 1 is 1.14 bits per heavy atom. The number of aromatic nitrogens is 1. The molecule has 2 N–H and O–H groups in total. The number of primary amides is 1. The Bertz CT molecular complexity index is 1020. The molecular weight excluding hydrogens is 366 g/mol. The first-order valence-electron chi connectivity index (χ1n) is 9.44. The lowest BCUT2D eigenvalue weighted by Gasteiger charge is -2.39. The fourth-order valence-corrected chi connectivity index (χ4v) is 3.79. The van der Waals surface area contributed by atoms with E-state index in [1.807, 2.05) is 18.2 Å². The normalized spacial score (nSPS) is 15.6. The molecule has 2 heterocycles. The highest BCUT2D eigenvalue weighted by atomic mass is 16.3. The second kappa shape index (κ2) is 8.17. The maximum Gasteiger partial charge on any atom is 0.248 e. The summed E-state index contributed by atoms with van der Waals surface area (Å²) in [6, 6.07) is 17.3. The largest absolute Gasteiger partial charge is 0.447 e. The highest BCUT2D eigenvalue weighted by molar-refractivity contribution is 5.93. The van der Waals surface area contributed by atoms with Gasteiger partial charge in [0.1, 0.15) is 18.4 Å². The van der Waals surface area contributed by atoms with Gasteiger partial charge < -0.3 is 15.1 Å². The van der Waals surface area contributed by atoms with Crippen LogP contribution in [0.25, 0.3) is 0 Å². The Labute approximate surface area is 169 Å².